The minimum atomic E-state index is -0.0399. The Morgan fingerprint density at radius 3 is 2.68 bits per heavy atom. The Bertz CT molecular complexity index is 750. The van der Waals surface area contributed by atoms with Gasteiger partial charge < -0.3 is 9.67 Å². The largest absolute Gasteiger partial charge is 0.506 e. The Hall–Kier alpha value is -2.61. The molecule has 1 aliphatic heterocycles. The Morgan fingerprint density at radius 1 is 1.18 bits per heavy atom. The van der Waals surface area contributed by atoms with Crippen molar-refractivity contribution in [2.75, 3.05) is 0 Å². The second-order valence-corrected chi connectivity index (χ2v) is 5.60. The molecule has 0 radical (unpaired) electrons. The van der Waals surface area contributed by atoms with E-state index in [1.54, 1.807) is 0 Å². The standard InChI is InChI=1S/C17H18N4O/c1-12-6-8-13(9-7-12)16(22)14(11-18)17-20-19-15-5-3-2-4-10-21(15)17/h6-9,22H,2-5,10H2,1H3. The van der Waals surface area contributed by atoms with Gasteiger partial charge in [-0.15, -0.1) is 10.2 Å². The van der Waals surface area contributed by atoms with E-state index < -0.39 is 0 Å². The molecule has 5 nitrogen and oxygen atoms in total. The fourth-order valence-corrected chi connectivity index (χ4v) is 2.73. The second kappa shape index (κ2) is 6.02. The van der Waals surface area contributed by atoms with Crippen LogP contribution in [0, 0.1) is 18.3 Å². The third-order valence-corrected chi connectivity index (χ3v) is 4.01. The van der Waals surface area contributed by atoms with Crippen LogP contribution >= 0.6 is 0 Å². The van der Waals surface area contributed by atoms with Gasteiger partial charge >= 0.3 is 0 Å². The van der Waals surface area contributed by atoms with Crippen molar-refractivity contribution in [3.8, 4) is 6.07 Å². The number of aliphatic hydroxyl groups excluding tert-OH is 1. The molecule has 5 heteroatoms. The van der Waals surface area contributed by atoms with Gasteiger partial charge in [0, 0.05) is 18.5 Å². The minimum Gasteiger partial charge on any atom is -0.506 e. The van der Waals surface area contributed by atoms with E-state index in [-0.39, 0.29) is 11.3 Å². The van der Waals surface area contributed by atoms with Gasteiger partial charge in [0.1, 0.15) is 23.2 Å². The molecule has 0 saturated heterocycles. The highest BCUT2D eigenvalue weighted by Gasteiger charge is 2.21. The average molecular weight is 294 g/mol. The molecule has 0 saturated carbocycles. The third-order valence-electron chi connectivity index (χ3n) is 4.01. The summed E-state index contributed by atoms with van der Waals surface area (Å²) in [7, 11) is 0. The second-order valence-electron chi connectivity index (χ2n) is 5.60. The lowest BCUT2D eigenvalue weighted by atomic mass is 10.1. The number of benzene rings is 1. The molecular formula is C17H18N4O. The van der Waals surface area contributed by atoms with E-state index in [9.17, 15) is 10.4 Å². The summed E-state index contributed by atoms with van der Waals surface area (Å²) in [4.78, 5) is 0. The Labute approximate surface area is 129 Å². The number of aliphatic hydroxyl groups is 1. The zero-order valence-corrected chi connectivity index (χ0v) is 12.6. The average Bonchev–Trinajstić information content (AvgIpc) is 2.78. The van der Waals surface area contributed by atoms with E-state index in [2.05, 4.69) is 16.3 Å². The van der Waals surface area contributed by atoms with Crippen LogP contribution in [0.2, 0.25) is 0 Å². The minimum absolute atomic E-state index is 0.0399. The Morgan fingerprint density at radius 2 is 1.95 bits per heavy atom. The van der Waals surface area contributed by atoms with Crippen molar-refractivity contribution in [2.24, 2.45) is 0 Å². The Balaban J connectivity index is 2.08. The van der Waals surface area contributed by atoms with Crippen molar-refractivity contribution in [3.63, 3.8) is 0 Å². The lowest BCUT2D eigenvalue weighted by molar-refractivity contribution is 0.513. The lowest BCUT2D eigenvalue weighted by Crippen LogP contribution is -2.06. The summed E-state index contributed by atoms with van der Waals surface area (Å²) >= 11 is 0. The van der Waals surface area contributed by atoms with E-state index in [4.69, 9.17) is 0 Å². The van der Waals surface area contributed by atoms with Crippen molar-refractivity contribution in [2.45, 2.75) is 39.2 Å². The van der Waals surface area contributed by atoms with E-state index in [1.807, 2.05) is 35.8 Å². The van der Waals surface area contributed by atoms with Gasteiger partial charge in [-0.3, -0.25) is 0 Å². The summed E-state index contributed by atoms with van der Waals surface area (Å²) in [6.45, 7) is 2.78. The van der Waals surface area contributed by atoms with Crippen LogP contribution in [-0.4, -0.2) is 19.9 Å². The number of hydrogen-bond donors (Lipinski definition) is 1. The molecule has 0 amide bonds. The van der Waals surface area contributed by atoms with Crippen molar-refractivity contribution in [1.29, 1.82) is 5.26 Å². The normalized spacial score (nSPS) is 15.5. The Kier molecular flexibility index (Phi) is 3.92. The van der Waals surface area contributed by atoms with Crippen molar-refractivity contribution >= 4 is 11.3 Å². The number of aryl methyl sites for hydroxylation is 2. The quantitative estimate of drug-likeness (QED) is 0.681. The highest BCUT2D eigenvalue weighted by atomic mass is 16.3. The van der Waals surface area contributed by atoms with E-state index in [0.29, 0.717) is 11.4 Å². The zero-order chi connectivity index (χ0) is 15.5. The molecule has 1 aromatic carbocycles. The predicted octanol–water partition coefficient (Wildman–Crippen LogP) is 3.26. The van der Waals surface area contributed by atoms with Gasteiger partial charge in [0.25, 0.3) is 0 Å². The summed E-state index contributed by atoms with van der Waals surface area (Å²) in [6.07, 6.45) is 4.16. The number of fused-ring (bicyclic) bond motifs is 1. The highest BCUT2D eigenvalue weighted by molar-refractivity contribution is 5.92. The SMILES string of the molecule is Cc1ccc(C(O)=C(C#N)c2nnc3n2CCCCC3)cc1. The molecule has 1 aliphatic rings. The van der Waals surface area contributed by atoms with Gasteiger partial charge in [0.2, 0.25) is 0 Å². The fourth-order valence-electron chi connectivity index (χ4n) is 2.73. The van der Waals surface area contributed by atoms with Crippen molar-refractivity contribution in [1.82, 2.24) is 14.8 Å². The first-order valence-corrected chi connectivity index (χ1v) is 7.53. The van der Waals surface area contributed by atoms with Crippen LogP contribution in [-0.2, 0) is 13.0 Å². The molecule has 0 atom stereocenters. The van der Waals surface area contributed by atoms with Gasteiger partial charge in [-0.2, -0.15) is 5.26 Å². The van der Waals surface area contributed by atoms with Crippen LogP contribution in [0.15, 0.2) is 24.3 Å². The van der Waals surface area contributed by atoms with Crippen LogP contribution < -0.4 is 0 Å². The summed E-state index contributed by atoms with van der Waals surface area (Å²) < 4.78 is 1.97. The first-order chi connectivity index (χ1) is 10.7. The molecule has 0 spiro atoms. The topological polar surface area (TPSA) is 74.7 Å². The van der Waals surface area contributed by atoms with Crippen molar-refractivity contribution < 1.29 is 5.11 Å². The number of nitrogens with zero attached hydrogens (tertiary/aromatic N) is 4. The van der Waals surface area contributed by atoms with Crippen LogP contribution in [0.4, 0.5) is 0 Å². The van der Waals surface area contributed by atoms with Gasteiger partial charge in [-0.1, -0.05) is 36.2 Å². The summed E-state index contributed by atoms with van der Waals surface area (Å²) in [6, 6.07) is 9.52. The first-order valence-electron chi connectivity index (χ1n) is 7.53. The molecule has 22 heavy (non-hydrogen) atoms. The van der Waals surface area contributed by atoms with Gasteiger partial charge in [0.15, 0.2) is 5.82 Å². The van der Waals surface area contributed by atoms with Crippen molar-refractivity contribution in [3.05, 3.63) is 47.0 Å². The van der Waals surface area contributed by atoms with Crippen LogP contribution in [0.3, 0.4) is 0 Å². The highest BCUT2D eigenvalue weighted by Crippen LogP contribution is 2.25. The predicted molar refractivity (Wildman–Crippen MR) is 83.8 cm³/mol. The molecule has 3 rings (SSSR count). The smallest absolute Gasteiger partial charge is 0.178 e. The molecule has 0 bridgehead atoms. The molecule has 2 aromatic rings. The number of hydrogen-bond acceptors (Lipinski definition) is 4. The molecule has 1 N–H and O–H groups in total. The number of rotatable bonds is 2. The molecule has 0 fully saturated rings. The number of allylic oxidation sites excluding steroid dienone is 1. The van der Waals surface area contributed by atoms with Crippen LogP contribution in [0.5, 0.6) is 0 Å². The fraction of sp³-hybridized carbons (Fsp3) is 0.353. The van der Waals surface area contributed by atoms with E-state index >= 15 is 0 Å². The molecular weight excluding hydrogens is 276 g/mol. The molecule has 112 valence electrons. The monoisotopic (exact) mass is 294 g/mol. The maximum Gasteiger partial charge on any atom is 0.178 e. The van der Waals surface area contributed by atoms with E-state index in [1.165, 1.54) is 0 Å². The van der Waals surface area contributed by atoms with Crippen LogP contribution in [0.1, 0.15) is 42.0 Å². The number of nitriles is 1. The molecule has 1 aromatic heterocycles. The van der Waals surface area contributed by atoms with Gasteiger partial charge in [0.05, 0.1) is 0 Å². The molecule has 0 unspecified atom stereocenters. The van der Waals surface area contributed by atoms with E-state index in [0.717, 1.165) is 43.6 Å². The third kappa shape index (κ3) is 2.60. The molecule has 2 heterocycles. The molecule has 0 aliphatic carbocycles. The maximum absolute atomic E-state index is 10.5. The first kappa shape index (κ1) is 14.3. The summed E-state index contributed by atoms with van der Waals surface area (Å²) in [5.41, 5.74) is 1.91. The summed E-state index contributed by atoms with van der Waals surface area (Å²) in [5.74, 6) is 1.33. The number of aromatic nitrogens is 3. The van der Waals surface area contributed by atoms with Gasteiger partial charge in [-0.25, -0.2) is 0 Å². The summed E-state index contributed by atoms with van der Waals surface area (Å²) in [5, 5.41) is 28.3. The zero-order valence-electron chi connectivity index (χ0n) is 12.6. The van der Waals surface area contributed by atoms with Gasteiger partial charge in [-0.05, 0) is 19.8 Å². The lowest BCUT2D eigenvalue weighted by Gasteiger charge is -2.08. The van der Waals surface area contributed by atoms with Crippen LogP contribution in [0.25, 0.3) is 11.3 Å². The maximum atomic E-state index is 10.5.